The van der Waals surface area contributed by atoms with Crippen molar-refractivity contribution >= 4 is 0 Å². The van der Waals surface area contributed by atoms with Gasteiger partial charge in [-0.25, -0.2) is 4.98 Å². The molecule has 2 N–H and O–H groups in total. The zero-order chi connectivity index (χ0) is 12.7. The highest BCUT2D eigenvalue weighted by Crippen LogP contribution is 2.09. The first kappa shape index (κ1) is 14.1. The Labute approximate surface area is 103 Å². The summed E-state index contributed by atoms with van der Waals surface area (Å²) < 4.78 is 7.06. The van der Waals surface area contributed by atoms with E-state index in [1.165, 1.54) is 0 Å². The molecule has 1 aromatic rings. The quantitative estimate of drug-likeness (QED) is 0.742. The third kappa shape index (κ3) is 4.83. The molecule has 5 nitrogen and oxygen atoms in total. The number of nitrogens with zero attached hydrogens (tertiary/aromatic N) is 3. The molecule has 0 bridgehead atoms. The van der Waals surface area contributed by atoms with Gasteiger partial charge < -0.3 is 10.5 Å². The Bertz CT molecular complexity index is 313. The number of aryl methyl sites for hydroxylation is 1. The maximum atomic E-state index is 6.12. The first-order valence-electron chi connectivity index (χ1n) is 6.28. The van der Waals surface area contributed by atoms with Gasteiger partial charge >= 0.3 is 0 Å². The fraction of sp³-hybridized carbons (Fsp3) is 0.833. The van der Waals surface area contributed by atoms with Crippen LogP contribution in [0.25, 0.3) is 0 Å². The number of hydrogen-bond acceptors (Lipinski definition) is 4. The number of aromatic nitrogens is 3. The van der Waals surface area contributed by atoms with Crippen LogP contribution in [0.1, 0.15) is 32.5 Å². The summed E-state index contributed by atoms with van der Waals surface area (Å²) in [5.41, 5.74) is 6.12. The van der Waals surface area contributed by atoms with Crippen LogP contribution in [0.15, 0.2) is 6.33 Å². The summed E-state index contributed by atoms with van der Waals surface area (Å²) in [5, 5.41) is 4.20. The van der Waals surface area contributed by atoms with Gasteiger partial charge in [0.15, 0.2) is 0 Å². The third-order valence-electron chi connectivity index (χ3n) is 2.73. The molecule has 1 aromatic heterocycles. The van der Waals surface area contributed by atoms with E-state index in [1.54, 1.807) is 13.4 Å². The lowest BCUT2D eigenvalue weighted by molar-refractivity contribution is 0.151. The van der Waals surface area contributed by atoms with Gasteiger partial charge in [0.2, 0.25) is 0 Å². The monoisotopic (exact) mass is 240 g/mol. The maximum absolute atomic E-state index is 6.12. The van der Waals surface area contributed by atoms with Crippen molar-refractivity contribution in [3.63, 3.8) is 0 Å². The Morgan fingerprint density at radius 1 is 1.53 bits per heavy atom. The second-order valence-electron chi connectivity index (χ2n) is 4.66. The first-order valence-corrected chi connectivity index (χ1v) is 6.28. The summed E-state index contributed by atoms with van der Waals surface area (Å²) in [5.74, 6) is 1.47. The SMILES string of the molecule is CCCn1ncnc1CC(N)CC(C)COC. The summed E-state index contributed by atoms with van der Waals surface area (Å²) in [6, 6.07) is 0.125. The van der Waals surface area contributed by atoms with Crippen LogP contribution in [0, 0.1) is 5.92 Å². The maximum Gasteiger partial charge on any atom is 0.138 e. The second kappa shape index (κ2) is 7.40. The van der Waals surface area contributed by atoms with E-state index in [9.17, 15) is 0 Å². The number of methoxy groups -OCH3 is 1. The van der Waals surface area contributed by atoms with Crippen LogP contribution >= 0.6 is 0 Å². The average Bonchev–Trinajstić information content (AvgIpc) is 2.66. The van der Waals surface area contributed by atoms with Crippen LogP contribution < -0.4 is 5.73 Å². The Hall–Kier alpha value is -0.940. The fourth-order valence-corrected chi connectivity index (χ4v) is 2.03. The van der Waals surface area contributed by atoms with Gasteiger partial charge in [-0.05, 0) is 18.8 Å². The number of hydrogen-bond donors (Lipinski definition) is 1. The predicted octanol–water partition coefficient (Wildman–Crippen LogP) is 1.23. The Kier molecular flexibility index (Phi) is 6.15. The molecule has 5 heteroatoms. The van der Waals surface area contributed by atoms with Gasteiger partial charge in [0.1, 0.15) is 12.2 Å². The number of nitrogens with two attached hydrogens (primary N) is 1. The normalized spacial score (nSPS) is 14.8. The van der Waals surface area contributed by atoms with E-state index < -0.39 is 0 Å². The molecule has 1 rings (SSSR count). The van der Waals surface area contributed by atoms with Crippen molar-refractivity contribution < 1.29 is 4.74 Å². The van der Waals surface area contributed by atoms with Gasteiger partial charge in [0.05, 0.1) is 0 Å². The van der Waals surface area contributed by atoms with Gasteiger partial charge in [-0.3, -0.25) is 4.68 Å². The minimum atomic E-state index is 0.125. The van der Waals surface area contributed by atoms with E-state index in [2.05, 4.69) is 23.9 Å². The van der Waals surface area contributed by atoms with Crippen LogP contribution in [0.2, 0.25) is 0 Å². The highest BCUT2D eigenvalue weighted by Gasteiger charge is 2.13. The molecule has 0 fully saturated rings. The topological polar surface area (TPSA) is 66.0 Å². The van der Waals surface area contributed by atoms with Gasteiger partial charge in [-0.2, -0.15) is 5.10 Å². The molecule has 0 aromatic carbocycles. The molecule has 0 saturated carbocycles. The molecule has 98 valence electrons. The first-order chi connectivity index (χ1) is 8.17. The van der Waals surface area contributed by atoms with Crippen molar-refractivity contribution in [2.45, 2.75) is 45.7 Å². The standard InChI is InChI=1S/C12H24N4O/c1-4-5-16-12(14-9-15-16)7-11(13)6-10(2)8-17-3/h9-11H,4-8,13H2,1-3H3. The second-order valence-corrected chi connectivity index (χ2v) is 4.66. The van der Waals surface area contributed by atoms with Gasteiger partial charge in [0.25, 0.3) is 0 Å². The Balaban J connectivity index is 2.44. The van der Waals surface area contributed by atoms with Crippen molar-refractivity contribution in [1.82, 2.24) is 14.8 Å². The van der Waals surface area contributed by atoms with E-state index in [1.807, 2.05) is 4.68 Å². The number of ether oxygens (including phenoxy) is 1. The molecule has 2 unspecified atom stereocenters. The minimum Gasteiger partial charge on any atom is -0.384 e. The summed E-state index contributed by atoms with van der Waals surface area (Å²) in [7, 11) is 1.72. The summed E-state index contributed by atoms with van der Waals surface area (Å²) in [4.78, 5) is 4.27. The molecule has 1 heterocycles. The molecular weight excluding hydrogens is 216 g/mol. The molecule has 0 aliphatic heterocycles. The van der Waals surface area contributed by atoms with Crippen LogP contribution in [0.3, 0.4) is 0 Å². The Morgan fingerprint density at radius 3 is 2.94 bits per heavy atom. The average molecular weight is 240 g/mol. The smallest absolute Gasteiger partial charge is 0.138 e. The molecule has 0 aliphatic rings. The lowest BCUT2D eigenvalue weighted by Crippen LogP contribution is -2.28. The highest BCUT2D eigenvalue weighted by molar-refractivity contribution is 4.89. The van der Waals surface area contributed by atoms with Crippen molar-refractivity contribution in [1.29, 1.82) is 0 Å². The van der Waals surface area contributed by atoms with Crippen molar-refractivity contribution in [3.05, 3.63) is 12.2 Å². The fourth-order valence-electron chi connectivity index (χ4n) is 2.03. The van der Waals surface area contributed by atoms with Crippen molar-refractivity contribution in [2.24, 2.45) is 11.7 Å². The van der Waals surface area contributed by atoms with Gasteiger partial charge in [0, 0.05) is 32.7 Å². The van der Waals surface area contributed by atoms with E-state index in [0.717, 1.165) is 38.2 Å². The van der Waals surface area contributed by atoms with Crippen molar-refractivity contribution in [2.75, 3.05) is 13.7 Å². The largest absolute Gasteiger partial charge is 0.384 e. The zero-order valence-corrected chi connectivity index (χ0v) is 11.1. The minimum absolute atomic E-state index is 0.125. The van der Waals surface area contributed by atoms with E-state index in [4.69, 9.17) is 10.5 Å². The molecule has 0 aliphatic carbocycles. The summed E-state index contributed by atoms with van der Waals surface area (Å²) >= 11 is 0. The molecule has 0 radical (unpaired) electrons. The third-order valence-corrected chi connectivity index (χ3v) is 2.73. The highest BCUT2D eigenvalue weighted by atomic mass is 16.5. The van der Waals surface area contributed by atoms with E-state index in [0.29, 0.717) is 5.92 Å². The predicted molar refractivity (Wildman–Crippen MR) is 67.6 cm³/mol. The van der Waals surface area contributed by atoms with E-state index >= 15 is 0 Å². The molecule has 2 atom stereocenters. The number of rotatable bonds is 8. The molecular formula is C12H24N4O. The lowest BCUT2D eigenvalue weighted by Gasteiger charge is -2.16. The van der Waals surface area contributed by atoms with Crippen LogP contribution in [0.5, 0.6) is 0 Å². The molecule has 17 heavy (non-hydrogen) atoms. The van der Waals surface area contributed by atoms with Crippen LogP contribution in [-0.2, 0) is 17.7 Å². The molecule has 0 saturated heterocycles. The van der Waals surface area contributed by atoms with Crippen LogP contribution in [0.4, 0.5) is 0 Å². The summed E-state index contributed by atoms with van der Waals surface area (Å²) in [6.07, 6.45) is 4.41. The van der Waals surface area contributed by atoms with Gasteiger partial charge in [-0.15, -0.1) is 0 Å². The lowest BCUT2D eigenvalue weighted by atomic mass is 10.0. The summed E-state index contributed by atoms with van der Waals surface area (Å²) in [6.45, 7) is 5.96. The van der Waals surface area contributed by atoms with E-state index in [-0.39, 0.29) is 6.04 Å². The van der Waals surface area contributed by atoms with Crippen molar-refractivity contribution in [3.8, 4) is 0 Å². The zero-order valence-electron chi connectivity index (χ0n) is 11.1. The molecule has 0 spiro atoms. The van der Waals surface area contributed by atoms with Gasteiger partial charge in [-0.1, -0.05) is 13.8 Å². The molecule has 0 amide bonds. The Morgan fingerprint density at radius 2 is 2.29 bits per heavy atom. The van der Waals surface area contributed by atoms with Crippen LogP contribution in [-0.4, -0.2) is 34.5 Å².